The summed E-state index contributed by atoms with van der Waals surface area (Å²) in [5.41, 5.74) is 6.46. The summed E-state index contributed by atoms with van der Waals surface area (Å²) in [7, 11) is 1.68. The van der Waals surface area contributed by atoms with Gasteiger partial charge in [-0.3, -0.25) is 0 Å². The fraction of sp³-hybridized carbons (Fsp3) is 0.263. The summed E-state index contributed by atoms with van der Waals surface area (Å²) >= 11 is 0. The minimum atomic E-state index is 0.301. The first-order chi connectivity index (χ1) is 10.2. The van der Waals surface area contributed by atoms with Crippen LogP contribution in [0.2, 0.25) is 0 Å². The molecule has 2 aromatic carbocycles. The van der Waals surface area contributed by atoms with E-state index in [1.807, 2.05) is 24.3 Å². The van der Waals surface area contributed by atoms with Crippen molar-refractivity contribution < 1.29 is 9.84 Å². The summed E-state index contributed by atoms with van der Waals surface area (Å²) in [4.78, 5) is 0. The molecule has 1 aliphatic rings. The van der Waals surface area contributed by atoms with Gasteiger partial charge in [0.2, 0.25) is 0 Å². The molecule has 0 aliphatic heterocycles. The zero-order valence-corrected chi connectivity index (χ0v) is 12.7. The highest BCUT2D eigenvalue weighted by Crippen LogP contribution is 2.48. The molecule has 108 valence electrons. The second-order valence-corrected chi connectivity index (χ2v) is 5.47. The molecular formula is C19H20O2. The van der Waals surface area contributed by atoms with E-state index in [0.717, 1.165) is 12.2 Å². The smallest absolute Gasteiger partial charge is 0.118 e. The van der Waals surface area contributed by atoms with Gasteiger partial charge in [-0.1, -0.05) is 32.0 Å². The Kier molecular flexibility index (Phi) is 3.46. The van der Waals surface area contributed by atoms with Gasteiger partial charge in [-0.2, -0.15) is 0 Å². The number of hydrogen-bond acceptors (Lipinski definition) is 2. The van der Waals surface area contributed by atoms with Crippen molar-refractivity contribution in [2.24, 2.45) is 0 Å². The van der Waals surface area contributed by atoms with E-state index >= 15 is 0 Å². The normalized spacial score (nSPS) is 17.0. The predicted octanol–water partition coefficient (Wildman–Crippen LogP) is 4.84. The molecule has 0 amide bonds. The molecule has 1 N–H and O–H groups in total. The molecule has 0 saturated heterocycles. The highest BCUT2D eigenvalue weighted by Gasteiger charge is 2.28. The van der Waals surface area contributed by atoms with Gasteiger partial charge in [-0.15, -0.1) is 0 Å². The molecule has 21 heavy (non-hydrogen) atoms. The molecule has 2 heteroatoms. The first-order valence-corrected chi connectivity index (χ1v) is 7.36. The quantitative estimate of drug-likeness (QED) is 0.871. The molecule has 3 rings (SSSR count). The molecule has 0 radical (unpaired) electrons. The third-order valence-corrected chi connectivity index (χ3v) is 4.34. The van der Waals surface area contributed by atoms with Crippen LogP contribution in [0.3, 0.4) is 0 Å². The van der Waals surface area contributed by atoms with Crippen molar-refractivity contribution in [1.82, 2.24) is 0 Å². The number of aromatic hydroxyl groups is 1. The summed E-state index contributed by atoms with van der Waals surface area (Å²) in [6.45, 7) is 4.40. The van der Waals surface area contributed by atoms with E-state index in [-0.39, 0.29) is 0 Å². The van der Waals surface area contributed by atoms with Gasteiger partial charge < -0.3 is 9.84 Å². The number of allylic oxidation sites excluding steroid dienone is 2. The standard InChI is InChI=1S/C19H20O2/c1-4-16-17-10-7-14(20)11-18(17)12(2)19(16)13-5-8-15(21-3)9-6-13/h5-12,20H,4H2,1-3H3/t12-/m0/s1. The van der Waals surface area contributed by atoms with Gasteiger partial charge in [0.25, 0.3) is 0 Å². The third kappa shape index (κ3) is 2.21. The van der Waals surface area contributed by atoms with Crippen LogP contribution in [0.25, 0.3) is 11.1 Å². The molecule has 0 aromatic heterocycles. The Hall–Kier alpha value is -2.22. The van der Waals surface area contributed by atoms with E-state index in [2.05, 4.69) is 26.0 Å². The number of rotatable bonds is 3. The number of phenols is 1. The van der Waals surface area contributed by atoms with Gasteiger partial charge in [0, 0.05) is 5.92 Å². The molecule has 1 atom stereocenters. The van der Waals surface area contributed by atoms with Crippen LogP contribution < -0.4 is 4.74 Å². The molecule has 0 unspecified atom stereocenters. The van der Waals surface area contributed by atoms with Crippen LogP contribution in [0.15, 0.2) is 42.5 Å². The van der Waals surface area contributed by atoms with E-state index in [0.29, 0.717) is 11.7 Å². The topological polar surface area (TPSA) is 29.5 Å². The van der Waals surface area contributed by atoms with Gasteiger partial charge >= 0.3 is 0 Å². The van der Waals surface area contributed by atoms with Crippen LogP contribution in [-0.2, 0) is 0 Å². The Bertz CT molecular complexity index is 696. The van der Waals surface area contributed by atoms with Crippen molar-refractivity contribution in [3.8, 4) is 11.5 Å². The fourth-order valence-corrected chi connectivity index (χ4v) is 3.32. The summed E-state index contributed by atoms with van der Waals surface area (Å²) in [5.74, 6) is 1.51. The van der Waals surface area contributed by atoms with Gasteiger partial charge in [-0.05, 0) is 58.5 Å². The summed E-state index contributed by atoms with van der Waals surface area (Å²) < 4.78 is 5.24. The first-order valence-electron chi connectivity index (χ1n) is 7.36. The van der Waals surface area contributed by atoms with E-state index in [9.17, 15) is 5.11 Å². The maximum absolute atomic E-state index is 9.76. The Morgan fingerprint density at radius 2 is 1.81 bits per heavy atom. The van der Waals surface area contributed by atoms with Crippen LogP contribution in [0, 0.1) is 0 Å². The number of phenolic OH excluding ortho intramolecular Hbond substituents is 1. The summed E-state index contributed by atoms with van der Waals surface area (Å²) in [6, 6.07) is 13.9. The molecule has 0 fully saturated rings. The van der Waals surface area contributed by atoms with E-state index in [1.54, 1.807) is 13.2 Å². The van der Waals surface area contributed by atoms with Crippen LogP contribution in [0.5, 0.6) is 11.5 Å². The molecule has 2 aromatic rings. The highest BCUT2D eigenvalue weighted by atomic mass is 16.5. The van der Waals surface area contributed by atoms with E-state index in [1.165, 1.54) is 27.8 Å². The fourth-order valence-electron chi connectivity index (χ4n) is 3.32. The summed E-state index contributed by atoms with van der Waals surface area (Å²) in [6.07, 6.45) is 0.990. The average molecular weight is 280 g/mol. The number of hydrogen-bond donors (Lipinski definition) is 1. The largest absolute Gasteiger partial charge is 0.508 e. The van der Waals surface area contributed by atoms with Crippen LogP contribution in [-0.4, -0.2) is 12.2 Å². The van der Waals surface area contributed by atoms with Crippen LogP contribution >= 0.6 is 0 Å². The first kappa shape index (κ1) is 13.7. The van der Waals surface area contributed by atoms with Gasteiger partial charge in [0.05, 0.1) is 7.11 Å². The molecule has 0 heterocycles. The second kappa shape index (κ2) is 5.28. The number of methoxy groups -OCH3 is 1. The molecule has 0 saturated carbocycles. The Balaban J connectivity index is 2.12. The lowest BCUT2D eigenvalue weighted by atomic mass is 9.92. The van der Waals surface area contributed by atoms with Crippen molar-refractivity contribution in [2.45, 2.75) is 26.2 Å². The molecule has 2 nitrogen and oxygen atoms in total. The summed E-state index contributed by atoms with van der Waals surface area (Å²) in [5, 5.41) is 9.76. The zero-order chi connectivity index (χ0) is 15.0. The number of benzene rings is 2. The van der Waals surface area contributed by atoms with Gasteiger partial charge in [-0.25, -0.2) is 0 Å². The Morgan fingerprint density at radius 3 is 2.43 bits per heavy atom. The van der Waals surface area contributed by atoms with Crippen LogP contribution in [0.4, 0.5) is 0 Å². The third-order valence-electron chi connectivity index (χ3n) is 4.34. The van der Waals surface area contributed by atoms with Gasteiger partial charge in [0.1, 0.15) is 11.5 Å². The number of fused-ring (bicyclic) bond motifs is 1. The minimum Gasteiger partial charge on any atom is -0.508 e. The monoisotopic (exact) mass is 280 g/mol. The highest BCUT2D eigenvalue weighted by molar-refractivity contribution is 5.99. The molecule has 1 aliphatic carbocycles. The Morgan fingerprint density at radius 1 is 1.10 bits per heavy atom. The van der Waals surface area contributed by atoms with Crippen molar-refractivity contribution in [1.29, 1.82) is 0 Å². The predicted molar refractivity (Wildman–Crippen MR) is 86.6 cm³/mol. The van der Waals surface area contributed by atoms with Crippen molar-refractivity contribution >= 4 is 11.1 Å². The average Bonchev–Trinajstić information content (AvgIpc) is 2.79. The Labute approximate surface area is 125 Å². The minimum absolute atomic E-state index is 0.301. The molecule has 0 bridgehead atoms. The van der Waals surface area contributed by atoms with Crippen LogP contribution in [0.1, 0.15) is 42.9 Å². The maximum Gasteiger partial charge on any atom is 0.118 e. The van der Waals surface area contributed by atoms with E-state index in [4.69, 9.17) is 4.74 Å². The van der Waals surface area contributed by atoms with E-state index < -0.39 is 0 Å². The van der Waals surface area contributed by atoms with Crippen molar-refractivity contribution in [2.75, 3.05) is 7.11 Å². The lowest BCUT2D eigenvalue weighted by Gasteiger charge is -2.13. The lowest BCUT2D eigenvalue weighted by Crippen LogP contribution is -1.93. The van der Waals surface area contributed by atoms with Crippen molar-refractivity contribution in [3.63, 3.8) is 0 Å². The molecule has 0 spiro atoms. The second-order valence-electron chi connectivity index (χ2n) is 5.47. The number of ether oxygens (including phenoxy) is 1. The zero-order valence-electron chi connectivity index (χ0n) is 12.7. The molecular weight excluding hydrogens is 260 g/mol. The van der Waals surface area contributed by atoms with Crippen molar-refractivity contribution in [3.05, 3.63) is 59.2 Å². The van der Waals surface area contributed by atoms with Gasteiger partial charge in [0.15, 0.2) is 0 Å². The lowest BCUT2D eigenvalue weighted by molar-refractivity contribution is 0.415. The SMILES string of the molecule is CCC1=C(c2ccc(OC)cc2)[C@@H](C)c2cc(O)ccc21. The maximum atomic E-state index is 9.76.